The maximum atomic E-state index is 6.08. The Morgan fingerprint density at radius 1 is 1.43 bits per heavy atom. The second-order valence-electron chi connectivity index (χ2n) is 3.12. The average molecular weight is 206 g/mol. The lowest BCUT2D eigenvalue weighted by Gasteiger charge is -2.13. The topological polar surface area (TPSA) is 17.8 Å². The van der Waals surface area contributed by atoms with Crippen LogP contribution in [0.25, 0.3) is 0 Å². The standard InChI is InChI=1S/C11H10ClN2/c1-9(14-8-4-7-13-14)10-5-2-3-6-11(10)12/h2-3,5-9H,1H3/t9-/m0/s1. The van der Waals surface area contributed by atoms with E-state index in [9.17, 15) is 0 Å². The molecule has 0 unspecified atom stereocenters. The molecule has 2 rings (SSSR count). The van der Waals surface area contributed by atoms with Crippen molar-refractivity contribution in [2.24, 2.45) is 0 Å². The fourth-order valence-corrected chi connectivity index (χ4v) is 1.70. The highest BCUT2D eigenvalue weighted by molar-refractivity contribution is 6.31. The molecule has 2 nitrogen and oxygen atoms in total. The van der Waals surface area contributed by atoms with Gasteiger partial charge in [-0.25, -0.2) is 0 Å². The third kappa shape index (κ3) is 1.66. The van der Waals surface area contributed by atoms with E-state index in [1.807, 2.05) is 35.1 Å². The molecule has 0 aliphatic heterocycles. The molecule has 0 spiro atoms. The SMILES string of the molecule is C[C@@H](c1ccccc1Cl)n1c[c]cn1. The van der Waals surface area contributed by atoms with Gasteiger partial charge in [-0.1, -0.05) is 29.8 Å². The van der Waals surface area contributed by atoms with Crippen molar-refractivity contribution in [3.63, 3.8) is 0 Å². The van der Waals surface area contributed by atoms with Crippen LogP contribution in [0.15, 0.2) is 36.7 Å². The number of halogens is 1. The van der Waals surface area contributed by atoms with Gasteiger partial charge in [-0.05, 0) is 18.6 Å². The number of hydrogen-bond acceptors (Lipinski definition) is 1. The minimum absolute atomic E-state index is 0.148. The van der Waals surface area contributed by atoms with Crippen molar-refractivity contribution < 1.29 is 0 Å². The smallest absolute Gasteiger partial charge is 0.0754 e. The Morgan fingerprint density at radius 2 is 2.21 bits per heavy atom. The van der Waals surface area contributed by atoms with Crippen molar-refractivity contribution in [2.45, 2.75) is 13.0 Å². The highest BCUT2D eigenvalue weighted by Gasteiger charge is 2.10. The number of rotatable bonds is 2. The van der Waals surface area contributed by atoms with Gasteiger partial charge >= 0.3 is 0 Å². The van der Waals surface area contributed by atoms with Crippen LogP contribution >= 0.6 is 11.6 Å². The molecule has 0 aliphatic carbocycles. The van der Waals surface area contributed by atoms with Gasteiger partial charge in [0.25, 0.3) is 0 Å². The summed E-state index contributed by atoms with van der Waals surface area (Å²) in [5.41, 5.74) is 1.08. The van der Waals surface area contributed by atoms with Crippen LogP contribution in [0.2, 0.25) is 5.02 Å². The fourth-order valence-electron chi connectivity index (χ4n) is 1.41. The molecule has 0 N–H and O–H groups in total. The third-order valence-corrected chi connectivity index (χ3v) is 2.57. The third-order valence-electron chi connectivity index (χ3n) is 2.22. The summed E-state index contributed by atoms with van der Waals surface area (Å²) in [4.78, 5) is 0. The summed E-state index contributed by atoms with van der Waals surface area (Å²) in [5, 5.41) is 4.91. The first-order chi connectivity index (χ1) is 6.79. The van der Waals surface area contributed by atoms with E-state index in [-0.39, 0.29) is 6.04 Å². The van der Waals surface area contributed by atoms with E-state index in [1.165, 1.54) is 0 Å². The van der Waals surface area contributed by atoms with Crippen molar-refractivity contribution >= 4 is 11.6 Å². The van der Waals surface area contributed by atoms with E-state index < -0.39 is 0 Å². The summed E-state index contributed by atoms with van der Waals surface area (Å²) >= 11 is 6.08. The Labute approximate surface area is 88.1 Å². The summed E-state index contributed by atoms with van der Waals surface area (Å²) in [6, 6.07) is 10.9. The van der Waals surface area contributed by atoms with Crippen molar-refractivity contribution in [1.29, 1.82) is 0 Å². The van der Waals surface area contributed by atoms with Crippen molar-refractivity contribution in [3.05, 3.63) is 53.3 Å². The molecule has 3 heteroatoms. The zero-order valence-corrected chi connectivity index (χ0v) is 8.57. The van der Waals surface area contributed by atoms with E-state index in [0.29, 0.717) is 0 Å². The molecule has 2 aromatic rings. The molecular formula is C11H10ClN2. The maximum absolute atomic E-state index is 6.08. The Morgan fingerprint density at radius 3 is 2.86 bits per heavy atom. The maximum Gasteiger partial charge on any atom is 0.0754 e. The number of hydrogen-bond donors (Lipinski definition) is 0. The second-order valence-corrected chi connectivity index (χ2v) is 3.53. The van der Waals surface area contributed by atoms with E-state index in [0.717, 1.165) is 10.6 Å². The Balaban J connectivity index is 2.37. The van der Waals surface area contributed by atoms with Crippen LogP contribution in [0.1, 0.15) is 18.5 Å². The molecule has 0 saturated heterocycles. The van der Waals surface area contributed by atoms with Gasteiger partial charge in [-0.2, -0.15) is 5.10 Å². The quantitative estimate of drug-likeness (QED) is 0.737. The first-order valence-electron chi connectivity index (χ1n) is 4.43. The van der Waals surface area contributed by atoms with Crippen molar-refractivity contribution in [2.75, 3.05) is 0 Å². The molecule has 0 aliphatic rings. The lowest BCUT2D eigenvalue weighted by molar-refractivity contribution is 0.564. The number of aromatic nitrogens is 2. The van der Waals surface area contributed by atoms with E-state index in [2.05, 4.69) is 18.1 Å². The monoisotopic (exact) mass is 205 g/mol. The molecule has 0 amide bonds. The highest BCUT2D eigenvalue weighted by Crippen LogP contribution is 2.24. The van der Waals surface area contributed by atoms with Gasteiger partial charge < -0.3 is 0 Å². The van der Waals surface area contributed by atoms with Crippen LogP contribution < -0.4 is 0 Å². The van der Waals surface area contributed by atoms with Gasteiger partial charge in [0, 0.05) is 17.3 Å². The summed E-state index contributed by atoms with van der Waals surface area (Å²) in [6.45, 7) is 2.06. The predicted octanol–water partition coefficient (Wildman–Crippen LogP) is 2.95. The van der Waals surface area contributed by atoms with E-state index in [1.54, 1.807) is 6.20 Å². The van der Waals surface area contributed by atoms with Crippen LogP contribution in [-0.4, -0.2) is 9.78 Å². The highest BCUT2D eigenvalue weighted by atomic mass is 35.5. The Bertz CT molecular complexity index is 409. The summed E-state index contributed by atoms with van der Waals surface area (Å²) < 4.78 is 1.83. The van der Waals surface area contributed by atoms with Gasteiger partial charge in [-0.15, -0.1) is 0 Å². The first-order valence-corrected chi connectivity index (χ1v) is 4.81. The fraction of sp³-hybridized carbons (Fsp3) is 0.182. The first kappa shape index (κ1) is 9.28. The van der Waals surface area contributed by atoms with Crippen LogP contribution in [0, 0.1) is 6.07 Å². The molecule has 71 valence electrons. The molecule has 1 radical (unpaired) electrons. The van der Waals surface area contributed by atoms with Crippen LogP contribution in [0.3, 0.4) is 0 Å². The van der Waals surface area contributed by atoms with Crippen LogP contribution in [0.4, 0.5) is 0 Å². The lowest BCUT2D eigenvalue weighted by Crippen LogP contribution is -2.07. The Hall–Kier alpha value is -1.28. The summed E-state index contributed by atoms with van der Waals surface area (Å²) in [5.74, 6) is 0. The summed E-state index contributed by atoms with van der Waals surface area (Å²) in [7, 11) is 0. The van der Waals surface area contributed by atoms with E-state index in [4.69, 9.17) is 11.6 Å². The van der Waals surface area contributed by atoms with Crippen LogP contribution in [-0.2, 0) is 0 Å². The number of nitrogens with zero attached hydrogens (tertiary/aromatic N) is 2. The molecule has 1 aromatic carbocycles. The number of benzene rings is 1. The molecule has 1 heterocycles. The summed E-state index contributed by atoms with van der Waals surface area (Å²) in [6.07, 6.45) is 3.46. The molecule has 1 atom stereocenters. The average Bonchev–Trinajstić information content (AvgIpc) is 2.70. The molecule has 0 saturated carbocycles. The lowest BCUT2D eigenvalue weighted by atomic mass is 10.1. The molecule has 14 heavy (non-hydrogen) atoms. The second kappa shape index (κ2) is 3.84. The van der Waals surface area contributed by atoms with Crippen LogP contribution in [0.5, 0.6) is 0 Å². The van der Waals surface area contributed by atoms with Gasteiger partial charge in [0.15, 0.2) is 0 Å². The van der Waals surface area contributed by atoms with E-state index >= 15 is 0 Å². The van der Waals surface area contributed by atoms with Crippen molar-refractivity contribution in [1.82, 2.24) is 9.78 Å². The van der Waals surface area contributed by atoms with Crippen molar-refractivity contribution in [3.8, 4) is 0 Å². The molecular weight excluding hydrogens is 196 g/mol. The molecule has 0 fully saturated rings. The molecule has 1 aromatic heterocycles. The minimum Gasteiger partial charge on any atom is -0.265 e. The van der Waals surface area contributed by atoms with Gasteiger partial charge in [-0.3, -0.25) is 4.68 Å². The molecule has 0 bridgehead atoms. The van der Waals surface area contributed by atoms with Gasteiger partial charge in [0.05, 0.1) is 12.2 Å². The zero-order valence-electron chi connectivity index (χ0n) is 7.81. The Kier molecular flexibility index (Phi) is 2.55. The normalized spacial score (nSPS) is 12.7. The predicted molar refractivity (Wildman–Crippen MR) is 56.3 cm³/mol. The largest absolute Gasteiger partial charge is 0.265 e. The van der Waals surface area contributed by atoms with Gasteiger partial charge in [0.1, 0.15) is 0 Å². The minimum atomic E-state index is 0.148. The van der Waals surface area contributed by atoms with Gasteiger partial charge in [0.2, 0.25) is 0 Å². The zero-order chi connectivity index (χ0) is 9.97.